The summed E-state index contributed by atoms with van der Waals surface area (Å²) in [6.45, 7) is 2.22. The minimum Gasteiger partial charge on any atom is -0.323 e. The fraction of sp³-hybridized carbons (Fsp3) is 1.00. The second-order valence-corrected chi connectivity index (χ2v) is 3.90. The van der Waals surface area contributed by atoms with Gasteiger partial charge in [0, 0.05) is 0 Å². The molecule has 0 amide bonds. The van der Waals surface area contributed by atoms with Crippen molar-refractivity contribution in [2.45, 2.75) is 51.5 Å². The Hall–Kier alpha value is 0.147. The highest BCUT2D eigenvalue weighted by Crippen LogP contribution is 2.06. The van der Waals surface area contributed by atoms with Gasteiger partial charge in [-0.25, -0.2) is 0 Å². The van der Waals surface area contributed by atoms with E-state index in [2.05, 4.69) is 6.92 Å². The maximum absolute atomic E-state index is 11.7. The number of rotatable bonds is 7. The molecule has 0 nitrogen and oxygen atoms in total. The zero-order valence-corrected chi connectivity index (χ0v) is 8.45. The van der Waals surface area contributed by atoms with Crippen molar-refractivity contribution in [3.63, 3.8) is 0 Å². The Morgan fingerprint density at radius 3 is 2.20 bits per heavy atom. The molecule has 0 aromatic rings. The molecule has 0 fully saturated rings. The minimum atomic E-state index is -1.13. The van der Waals surface area contributed by atoms with E-state index in [1.165, 1.54) is 32.1 Å². The van der Waals surface area contributed by atoms with Crippen LogP contribution >= 0.6 is 0 Å². The highest BCUT2D eigenvalue weighted by Gasteiger charge is 1.89. The molecule has 0 aromatic carbocycles. The van der Waals surface area contributed by atoms with Gasteiger partial charge in [0.05, 0.1) is 0 Å². The molecule has 0 aliphatic carbocycles. The molecule has 0 saturated carbocycles. The molecular weight excluding hydrogens is 143 g/mol. The smallest absolute Gasteiger partial charge is 0.216 e. The fourth-order valence-electron chi connectivity index (χ4n) is 1.05. The van der Waals surface area contributed by atoms with Crippen molar-refractivity contribution in [3.8, 4) is 0 Å². The third-order valence-electron chi connectivity index (χ3n) is 1.74. The van der Waals surface area contributed by atoms with Crippen molar-refractivity contribution in [2.24, 2.45) is 0 Å². The van der Waals surface area contributed by atoms with Gasteiger partial charge in [0.1, 0.15) is 0 Å². The Kier molecular flexibility index (Phi) is 9.28. The molecule has 0 radical (unpaired) electrons. The lowest BCUT2D eigenvalue weighted by molar-refractivity contribution is 0.621. The van der Waals surface area contributed by atoms with Crippen LogP contribution in [0.1, 0.15) is 45.4 Å². The summed E-state index contributed by atoms with van der Waals surface area (Å²) in [6, 6.07) is 0.909. The summed E-state index contributed by atoms with van der Waals surface area (Å²) in [4.78, 5) is 0. The van der Waals surface area contributed by atoms with Crippen LogP contribution in [0.3, 0.4) is 0 Å². The average Bonchev–Trinajstić information content (AvgIpc) is 1.97. The quantitative estimate of drug-likeness (QED) is 0.307. The maximum Gasteiger partial charge on any atom is 0.216 e. The predicted molar refractivity (Wildman–Crippen MR) is 47.8 cm³/mol. The molecular formula is C8H19FSi. The van der Waals surface area contributed by atoms with E-state index in [0.29, 0.717) is 0 Å². The van der Waals surface area contributed by atoms with Crippen molar-refractivity contribution < 1.29 is 4.11 Å². The summed E-state index contributed by atoms with van der Waals surface area (Å²) in [5.74, 6) is 0. The molecule has 0 heterocycles. The SMILES string of the molecule is CCCCCCCC[SiH2]F. The second kappa shape index (κ2) is 9.15. The van der Waals surface area contributed by atoms with Gasteiger partial charge in [0.2, 0.25) is 9.85 Å². The van der Waals surface area contributed by atoms with Crippen LogP contribution in [0.4, 0.5) is 4.11 Å². The standard InChI is InChI=1S/C8H19FSi/c1-2-3-4-5-6-7-8-10-9/h2-8,10H2,1H3. The van der Waals surface area contributed by atoms with Gasteiger partial charge in [-0.3, -0.25) is 0 Å². The first-order valence-electron chi connectivity index (χ1n) is 4.47. The molecule has 0 N–H and O–H groups in total. The lowest BCUT2D eigenvalue weighted by Crippen LogP contribution is -1.81. The van der Waals surface area contributed by atoms with E-state index < -0.39 is 9.85 Å². The first kappa shape index (κ1) is 10.1. The summed E-state index contributed by atoms with van der Waals surface area (Å²) < 4.78 is 11.7. The van der Waals surface area contributed by atoms with Gasteiger partial charge >= 0.3 is 0 Å². The summed E-state index contributed by atoms with van der Waals surface area (Å²) in [7, 11) is -1.13. The van der Waals surface area contributed by atoms with Crippen molar-refractivity contribution in [1.82, 2.24) is 0 Å². The van der Waals surface area contributed by atoms with Crippen molar-refractivity contribution in [2.75, 3.05) is 0 Å². The van der Waals surface area contributed by atoms with Gasteiger partial charge < -0.3 is 4.11 Å². The normalized spacial score (nSPS) is 11.4. The molecule has 0 unspecified atom stereocenters. The highest BCUT2D eigenvalue weighted by atomic mass is 28.3. The van der Waals surface area contributed by atoms with E-state index in [9.17, 15) is 4.11 Å². The first-order valence-corrected chi connectivity index (χ1v) is 6.01. The van der Waals surface area contributed by atoms with Gasteiger partial charge in [-0.2, -0.15) is 0 Å². The molecule has 2 heteroatoms. The number of unbranched alkanes of at least 4 members (excludes halogenated alkanes) is 5. The molecule has 62 valence electrons. The largest absolute Gasteiger partial charge is 0.323 e. The van der Waals surface area contributed by atoms with Gasteiger partial charge in [-0.05, 0) is 6.04 Å². The van der Waals surface area contributed by atoms with Gasteiger partial charge in [-0.15, -0.1) is 0 Å². The van der Waals surface area contributed by atoms with Crippen molar-refractivity contribution >= 4 is 9.85 Å². The van der Waals surface area contributed by atoms with E-state index in [-0.39, 0.29) is 0 Å². The Bertz CT molecular complexity index is 49.2. The third-order valence-corrected chi connectivity index (χ3v) is 2.50. The molecule has 0 spiro atoms. The molecule has 0 aromatic heterocycles. The van der Waals surface area contributed by atoms with Gasteiger partial charge in [0.25, 0.3) is 0 Å². The van der Waals surface area contributed by atoms with E-state index in [0.717, 1.165) is 12.5 Å². The monoisotopic (exact) mass is 162 g/mol. The molecule has 0 aliphatic rings. The van der Waals surface area contributed by atoms with Gasteiger partial charge in [-0.1, -0.05) is 45.4 Å². The molecule has 0 bridgehead atoms. The maximum atomic E-state index is 11.7. The Labute approximate surface area is 66.2 Å². The topological polar surface area (TPSA) is 0 Å². The van der Waals surface area contributed by atoms with Crippen LogP contribution in [0.25, 0.3) is 0 Å². The van der Waals surface area contributed by atoms with Crippen LogP contribution in [-0.2, 0) is 0 Å². The predicted octanol–water partition coefficient (Wildman–Crippen LogP) is 2.82. The lowest BCUT2D eigenvalue weighted by Gasteiger charge is -1.96. The molecule has 0 aliphatic heterocycles. The average molecular weight is 162 g/mol. The number of hydrogen-bond donors (Lipinski definition) is 0. The molecule has 10 heavy (non-hydrogen) atoms. The van der Waals surface area contributed by atoms with E-state index >= 15 is 0 Å². The Balaban J connectivity index is 2.65. The highest BCUT2D eigenvalue weighted by molar-refractivity contribution is 6.25. The van der Waals surface area contributed by atoms with E-state index in [1.54, 1.807) is 0 Å². The van der Waals surface area contributed by atoms with Crippen LogP contribution in [-0.4, -0.2) is 9.85 Å². The van der Waals surface area contributed by atoms with Crippen LogP contribution in [0.2, 0.25) is 6.04 Å². The third kappa shape index (κ3) is 8.15. The van der Waals surface area contributed by atoms with Crippen molar-refractivity contribution in [1.29, 1.82) is 0 Å². The van der Waals surface area contributed by atoms with E-state index in [4.69, 9.17) is 0 Å². The first-order chi connectivity index (χ1) is 4.91. The lowest BCUT2D eigenvalue weighted by atomic mass is 10.1. The van der Waals surface area contributed by atoms with Crippen molar-refractivity contribution in [3.05, 3.63) is 0 Å². The Morgan fingerprint density at radius 2 is 1.60 bits per heavy atom. The second-order valence-electron chi connectivity index (χ2n) is 2.81. The summed E-state index contributed by atoms with van der Waals surface area (Å²) in [5.41, 5.74) is 0. The summed E-state index contributed by atoms with van der Waals surface area (Å²) in [6.07, 6.45) is 7.74. The summed E-state index contributed by atoms with van der Waals surface area (Å²) in [5, 5.41) is 0. The summed E-state index contributed by atoms with van der Waals surface area (Å²) >= 11 is 0. The van der Waals surface area contributed by atoms with E-state index in [1.807, 2.05) is 0 Å². The van der Waals surface area contributed by atoms with Crippen LogP contribution in [0.15, 0.2) is 0 Å². The zero-order valence-electron chi connectivity index (χ0n) is 7.03. The molecule has 0 atom stereocenters. The molecule has 0 rings (SSSR count). The Morgan fingerprint density at radius 1 is 1.00 bits per heavy atom. The molecule has 0 saturated heterocycles. The minimum absolute atomic E-state index is 0.909. The zero-order chi connectivity index (χ0) is 7.66. The van der Waals surface area contributed by atoms with Crippen LogP contribution < -0.4 is 0 Å². The van der Waals surface area contributed by atoms with Crippen LogP contribution in [0.5, 0.6) is 0 Å². The van der Waals surface area contributed by atoms with Gasteiger partial charge in [0.15, 0.2) is 0 Å². The number of hydrogen-bond acceptors (Lipinski definition) is 0. The fourth-order valence-corrected chi connectivity index (χ4v) is 1.59. The number of halogens is 1. The van der Waals surface area contributed by atoms with Crippen LogP contribution in [0, 0.1) is 0 Å².